The van der Waals surface area contributed by atoms with Crippen LogP contribution >= 0.6 is 0 Å². The third kappa shape index (κ3) is 1.94. The molecule has 2 fully saturated rings. The second-order valence-corrected chi connectivity index (χ2v) is 6.39. The van der Waals surface area contributed by atoms with Crippen LogP contribution in [0.3, 0.4) is 0 Å². The summed E-state index contributed by atoms with van der Waals surface area (Å²) in [7, 11) is 0. The van der Waals surface area contributed by atoms with E-state index in [4.69, 9.17) is 10.5 Å². The van der Waals surface area contributed by atoms with E-state index in [0.29, 0.717) is 18.1 Å². The fraction of sp³-hybridized carbons (Fsp3) is 1.00. The van der Waals surface area contributed by atoms with Gasteiger partial charge in [-0.3, -0.25) is 0 Å². The Morgan fingerprint density at radius 1 is 1.27 bits per heavy atom. The number of rotatable bonds is 1. The van der Waals surface area contributed by atoms with Crippen molar-refractivity contribution in [2.45, 2.75) is 64.6 Å². The van der Waals surface area contributed by atoms with Gasteiger partial charge in [0.15, 0.2) is 0 Å². The zero-order chi connectivity index (χ0) is 11.1. The highest BCUT2D eigenvalue weighted by atomic mass is 16.5. The molecule has 0 aromatic rings. The minimum absolute atomic E-state index is 0.183. The molecule has 2 nitrogen and oxygen atoms in total. The van der Waals surface area contributed by atoms with Crippen molar-refractivity contribution in [3.8, 4) is 0 Å². The average molecular weight is 211 g/mol. The summed E-state index contributed by atoms with van der Waals surface area (Å²) in [6, 6.07) is 0. The topological polar surface area (TPSA) is 35.2 Å². The fourth-order valence-electron chi connectivity index (χ4n) is 3.73. The Kier molecular flexibility index (Phi) is 2.85. The molecule has 0 radical (unpaired) electrons. The Bertz CT molecular complexity index is 233. The van der Waals surface area contributed by atoms with Gasteiger partial charge in [-0.1, -0.05) is 27.2 Å². The summed E-state index contributed by atoms with van der Waals surface area (Å²) >= 11 is 0. The Morgan fingerprint density at radius 3 is 2.53 bits per heavy atom. The van der Waals surface area contributed by atoms with E-state index in [1.165, 1.54) is 32.1 Å². The van der Waals surface area contributed by atoms with Gasteiger partial charge in [0.25, 0.3) is 0 Å². The van der Waals surface area contributed by atoms with Crippen LogP contribution in [0.4, 0.5) is 0 Å². The summed E-state index contributed by atoms with van der Waals surface area (Å²) in [6.45, 7) is 7.75. The number of nitrogens with two attached hydrogens (primary N) is 1. The number of hydrogen-bond donors (Lipinski definition) is 1. The van der Waals surface area contributed by atoms with Gasteiger partial charge in [0, 0.05) is 6.54 Å². The van der Waals surface area contributed by atoms with E-state index >= 15 is 0 Å². The summed E-state index contributed by atoms with van der Waals surface area (Å²) < 4.78 is 6.27. The maximum absolute atomic E-state index is 6.27. The lowest BCUT2D eigenvalue weighted by atomic mass is 9.71. The summed E-state index contributed by atoms with van der Waals surface area (Å²) in [5.74, 6) is 0.724. The number of ether oxygens (including phenoxy) is 1. The fourth-order valence-corrected chi connectivity index (χ4v) is 3.73. The van der Waals surface area contributed by atoms with Crippen molar-refractivity contribution in [1.82, 2.24) is 0 Å². The van der Waals surface area contributed by atoms with Crippen LogP contribution < -0.4 is 5.73 Å². The Hall–Kier alpha value is -0.0800. The van der Waals surface area contributed by atoms with Gasteiger partial charge in [-0.2, -0.15) is 0 Å². The highest BCUT2D eigenvalue weighted by molar-refractivity contribution is 5.02. The molecule has 0 aromatic carbocycles. The molecule has 2 aliphatic rings. The molecular weight excluding hydrogens is 186 g/mol. The number of hydrogen-bond acceptors (Lipinski definition) is 2. The minimum Gasteiger partial charge on any atom is -0.370 e. The zero-order valence-corrected chi connectivity index (χ0v) is 10.4. The third-order valence-electron chi connectivity index (χ3n) is 4.33. The predicted molar refractivity (Wildman–Crippen MR) is 62.7 cm³/mol. The monoisotopic (exact) mass is 211 g/mol. The van der Waals surface area contributed by atoms with E-state index < -0.39 is 0 Å². The molecule has 1 aliphatic carbocycles. The first kappa shape index (κ1) is 11.4. The lowest BCUT2D eigenvalue weighted by Gasteiger charge is -2.40. The molecule has 0 bridgehead atoms. The van der Waals surface area contributed by atoms with Crippen molar-refractivity contribution >= 4 is 0 Å². The standard InChI is InChI=1S/C13H25NO/c1-12(2,3)11-5-4-7-13(11)8-6-10(9-14)15-13/h10-11H,4-9,14H2,1-3H3/t10-,11-,13+/m0/s1. The minimum atomic E-state index is 0.183. The molecule has 1 spiro atoms. The molecule has 1 aliphatic heterocycles. The Morgan fingerprint density at radius 2 is 2.00 bits per heavy atom. The second kappa shape index (κ2) is 3.74. The highest BCUT2D eigenvalue weighted by Crippen LogP contribution is 2.53. The molecule has 2 heteroatoms. The normalized spacial score (nSPS) is 41.6. The second-order valence-electron chi connectivity index (χ2n) is 6.39. The van der Waals surface area contributed by atoms with E-state index in [0.717, 1.165) is 5.92 Å². The summed E-state index contributed by atoms with van der Waals surface area (Å²) in [5.41, 5.74) is 6.27. The van der Waals surface area contributed by atoms with E-state index in [9.17, 15) is 0 Å². The molecule has 15 heavy (non-hydrogen) atoms. The van der Waals surface area contributed by atoms with Gasteiger partial charge in [0.05, 0.1) is 11.7 Å². The predicted octanol–water partition coefficient (Wildman–Crippen LogP) is 2.71. The van der Waals surface area contributed by atoms with Crippen molar-refractivity contribution in [2.75, 3.05) is 6.54 Å². The maximum Gasteiger partial charge on any atom is 0.0720 e. The van der Waals surface area contributed by atoms with Crippen LogP contribution in [-0.2, 0) is 4.74 Å². The van der Waals surface area contributed by atoms with Crippen LogP contribution in [-0.4, -0.2) is 18.2 Å². The largest absolute Gasteiger partial charge is 0.370 e. The molecule has 0 amide bonds. The molecule has 0 unspecified atom stereocenters. The molecule has 2 N–H and O–H groups in total. The molecule has 88 valence electrons. The van der Waals surface area contributed by atoms with Crippen molar-refractivity contribution in [2.24, 2.45) is 17.1 Å². The van der Waals surface area contributed by atoms with Crippen molar-refractivity contribution in [1.29, 1.82) is 0 Å². The molecular formula is C13H25NO. The van der Waals surface area contributed by atoms with Crippen LogP contribution in [0.15, 0.2) is 0 Å². The lowest BCUT2D eigenvalue weighted by molar-refractivity contribution is -0.0891. The van der Waals surface area contributed by atoms with Crippen LogP contribution in [0.25, 0.3) is 0 Å². The smallest absolute Gasteiger partial charge is 0.0720 e. The first-order chi connectivity index (χ1) is 6.98. The Balaban J connectivity index is 2.14. The van der Waals surface area contributed by atoms with Gasteiger partial charge in [-0.05, 0) is 37.0 Å². The van der Waals surface area contributed by atoms with E-state index in [2.05, 4.69) is 20.8 Å². The average Bonchev–Trinajstić information content (AvgIpc) is 2.73. The van der Waals surface area contributed by atoms with Gasteiger partial charge in [-0.15, -0.1) is 0 Å². The molecule has 3 atom stereocenters. The van der Waals surface area contributed by atoms with Crippen LogP contribution in [0.2, 0.25) is 0 Å². The quantitative estimate of drug-likeness (QED) is 0.724. The van der Waals surface area contributed by atoms with Gasteiger partial charge in [0.1, 0.15) is 0 Å². The SMILES string of the molecule is CC(C)(C)[C@@H]1CCC[C@@]12CC[C@@H](CN)O2. The molecule has 1 saturated carbocycles. The van der Waals surface area contributed by atoms with Gasteiger partial charge in [-0.25, -0.2) is 0 Å². The van der Waals surface area contributed by atoms with Gasteiger partial charge < -0.3 is 10.5 Å². The molecule has 0 aromatic heterocycles. The van der Waals surface area contributed by atoms with E-state index in [1.54, 1.807) is 0 Å². The van der Waals surface area contributed by atoms with E-state index in [1.807, 2.05) is 0 Å². The first-order valence-corrected chi connectivity index (χ1v) is 6.36. The lowest BCUT2D eigenvalue weighted by Crippen LogP contribution is -2.41. The highest BCUT2D eigenvalue weighted by Gasteiger charge is 2.52. The van der Waals surface area contributed by atoms with Gasteiger partial charge in [0.2, 0.25) is 0 Å². The molecule has 1 heterocycles. The van der Waals surface area contributed by atoms with Crippen molar-refractivity contribution in [3.63, 3.8) is 0 Å². The Labute approximate surface area is 93.6 Å². The van der Waals surface area contributed by atoms with Crippen LogP contribution in [0.5, 0.6) is 0 Å². The zero-order valence-electron chi connectivity index (χ0n) is 10.4. The molecule has 2 rings (SSSR count). The van der Waals surface area contributed by atoms with Crippen molar-refractivity contribution in [3.05, 3.63) is 0 Å². The summed E-state index contributed by atoms with van der Waals surface area (Å²) in [4.78, 5) is 0. The summed E-state index contributed by atoms with van der Waals surface area (Å²) in [6.07, 6.45) is 6.65. The van der Waals surface area contributed by atoms with Crippen LogP contribution in [0.1, 0.15) is 52.9 Å². The van der Waals surface area contributed by atoms with E-state index in [-0.39, 0.29) is 5.60 Å². The van der Waals surface area contributed by atoms with Gasteiger partial charge >= 0.3 is 0 Å². The first-order valence-electron chi connectivity index (χ1n) is 6.36. The summed E-state index contributed by atoms with van der Waals surface area (Å²) in [5, 5.41) is 0. The maximum atomic E-state index is 6.27. The molecule has 1 saturated heterocycles. The van der Waals surface area contributed by atoms with Crippen molar-refractivity contribution < 1.29 is 4.74 Å². The third-order valence-corrected chi connectivity index (χ3v) is 4.33. The van der Waals surface area contributed by atoms with Crippen LogP contribution in [0, 0.1) is 11.3 Å².